The second-order valence-corrected chi connectivity index (χ2v) is 4.47. The van der Waals surface area contributed by atoms with E-state index in [9.17, 15) is 4.79 Å². The molecule has 82 valence electrons. The molecule has 0 aliphatic heterocycles. The van der Waals surface area contributed by atoms with Crippen molar-refractivity contribution < 1.29 is 4.79 Å². The molecular weight excluding hydrogens is 186 g/mol. The van der Waals surface area contributed by atoms with Crippen LogP contribution in [0.4, 0.5) is 0 Å². The Morgan fingerprint density at radius 3 is 2.53 bits per heavy atom. The van der Waals surface area contributed by atoms with Gasteiger partial charge in [0.15, 0.2) is 5.78 Å². The first-order valence-corrected chi connectivity index (χ1v) is 5.48. The van der Waals surface area contributed by atoms with Crippen molar-refractivity contribution in [3.05, 3.63) is 30.1 Å². The summed E-state index contributed by atoms with van der Waals surface area (Å²) in [6.45, 7) is 8.25. The average Bonchev–Trinajstić information content (AvgIpc) is 2.28. The minimum absolute atomic E-state index is 0.153. The van der Waals surface area contributed by atoms with Crippen LogP contribution >= 0.6 is 0 Å². The number of hydrogen-bond acceptors (Lipinski definition) is 2. The molecule has 1 rings (SSSR count). The van der Waals surface area contributed by atoms with Crippen LogP contribution in [-0.4, -0.2) is 10.8 Å². The van der Waals surface area contributed by atoms with E-state index in [0.29, 0.717) is 11.6 Å². The summed E-state index contributed by atoms with van der Waals surface area (Å²) in [6, 6.07) is 5.48. The van der Waals surface area contributed by atoms with Gasteiger partial charge in [0.1, 0.15) is 5.69 Å². The normalized spacial score (nSPS) is 15.0. The van der Waals surface area contributed by atoms with Gasteiger partial charge in [-0.15, -0.1) is 0 Å². The highest BCUT2D eigenvalue weighted by atomic mass is 16.1. The van der Waals surface area contributed by atoms with Crippen molar-refractivity contribution in [2.45, 2.75) is 34.1 Å². The van der Waals surface area contributed by atoms with Gasteiger partial charge in [-0.25, -0.2) is 0 Å². The quantitative estimate of drug-likeness (QED) is 0.706. The Morgan fingerprint density at radius 1 is 1.47 bits per heavy atom. The van der Waals surface area contributed by atoms with Gasteiger partial charge in [0.05, 0.1) is 0 Å². The van der Waals surface area contributed by atoms with Gasteiger partial charge >= 0.3 is 0 Å². The van der Waals surface area contributed by atoms with E-state index in [-0.39, 0.29) is 11.2 Å². The Bertz CT molecular complexity index is 332. The summed E-state index contributed by atoms with van der Waals surface area (Å²) in [6.07, 6.45) is 2.52. The van der Waals surface area contributed by atoms with Crippen LogP contribution in [0.3, 0.4) is 0 Å². The number of aromatic nitrogens is 1. The van der Waals surface area contributed by atoms with Crippen molar-refractivity contribution >= 4 is 5.78 Å². The first-order valence-electron chi connectivity index (χ1n) is 5.48. The van der Waals surface area contributed by atoms with Crippen LogP contribution < -0.4 is 0 Å². The summed E-state index contributed by atoms with van der Waals surface area (Å²) >= 11 is 0. The summed E-state index contributed by atoms with van der Waals surface area (Å²) in [5.41, 5.74) is 0.282. The highest BCUT2D eigenvalue weighted by Gasteiger charge is 2.35. The van der Waals surface area contributed by atoms with E-state index in [1.54, 1.807) is 12.3 Å². The Kier molecular flexibility index (Phi) is 3.61. The van der Waals surface area contributed by atoms with Crippen LogP contribution in [0.15, 0.2) is 24.4 Å². The maximum absolute atomic E-state index is 12.3. The van der Waals surface area contributed by atoms with Gasteiger partial charge in [-0.3, -0.25) is 9.78 Å². The van der Waals surface area contributed by atoms with E-state index in [1.807, 2.05) is 19.1 Å². The number of rotatable bonds is 4. The minimum atomic E-state index is -0.297. The first kappa shape index (κ1) is 11.9. The average molecular weight is 205 g/mol. The number of hydrogen-bond donors (Lipinski definition) is 0. The third-order valence-corrected chi connectivity index (χ3v) is 3.42. The molecule has 15 heavy (non-hydrogen) atoms. The van der Waals surface area contributed by atoms with E-state index in [2.05, 4.69) is 25.8 Å². The van der Waals surface area contributed by atoms with E-state index < -0.39 is 0 Å². The lowest BCUT2D eigenvalue weighted by Gasteiger charge is -2.30. The molecule has 0 amide bonds. The highest BCUT2D eigenvalue weighted by molar-refractivity contribution is 5.98. The van der Waals surface area contributed by atoms with Crippen molar-refractivity contribution in [2.75, 3.05) is 0 Å². The third kappa shape index (κ3) is 2.25. The Balaban J connectivity index is 3.03. The topological polar surface area (TPSA) is 30.0 Å². The van der Waals surface area contributed by atoms with Gasteiger partial charge in [-0.1, -0.05) is 33.8 Å². The van der Waals surface area contributed by atoms with Crippen molar-refractivity contribution in [1.82, 2.24) is 4.98 Å². The summed E-state index contributed by atoms with van der Waals surface area (Å²) in [4.78, 5) is 16.4. The van der Waals surface area contributed by atoms with E-state index >= 15 is 0 Å². The monoisotopic (exact) mass is 205 g/mol. The molecule has 2 nitrogen and oxygen atoms in total. The largest absolute Gasteiger partial charge is 0.292 e. The first-order chi connectivity index (χ1) is 7.02. The molecule has 0 aliphatic carbocycles. The zero-order valence-corrected chi connectivity index (χ0v) is 9.95. The number of Topliss-reactive ketones (excluding diaryl/α,β-unsaturated/α-hetero) is 1. The molecule has 1 unspecified atom stereocenters. The Morgan fingerprint density at radius 2 is 2.13 bits per heavy atom. The molecule has 2 heteroatoms. The molecule has 1 heterocycles. The van der Waals surface area contributed by atoms with Crippen molar-refractivity contribution in [3.8, 4) is 0 Å². The predicted molar refractivity (Wildman–Crippen MR) is 61.8 cm³/mol. The lowest BCUT2D eigenvalue weighted by atomic mass is 9.72. The van der Waals surface area contributed by atoms with Gasteiger partial charge in [0, 0.05) is 11.6 Å². The lowest BCUT2D eigenvalue weighted by molar-refractivity contribution is 0.0723. The number of pyridine rings is 1. The molecule has 0 radical (unpaired) electrons. The van der Waals surface area contributed by atoms with Crippen LogP contribution in [0.5, 0.6) is 0 Å². The molecular formula is C13H19NO. The van der Waals surface area contributed by atoms with E-state index in [1.165, 1.54) is 0 Å². The van der Waals surface area contributed by atoms with Gasteiger partial charge < -0.3 is 0 Å². The summed E-state index contributed by atoms with van der Waals surface area (Å²) < 4.78 is 0. The summed E-state index contributed by atoms with van der Waals surface area (Å²) in [5.74, 6) is 0.484. The molecule has 1 aromatic heterocycles. The van der Waals surface area contributed by atoms with Gasteiger partial charge in [-0.05, 0) is 24.5 Å². The van der Waals surface area contributed by atoms with E-state index in [0.717, 1.165) is 6.42 Å². The molecule has 1 aromatic rings. The molecule has 0 saturated heterocycles. The second-order valence-electron chi connectivity index (χ2n) is 4.47. The Hall–Kier alpha value is -1.18. The summed E-state index contributed by atoms with van der Waals surface area (Å²) in [5, 5.41) is 0. The molecule has 0 fully saturated rings. The maximum atomic E-state index is 12.3. The van der Waals surface area contributed by atoms with Crippen molar-refractivity contribution in [2.24, 2.45) is 11.3 Å². The van der Waals surface area contributed by atoms with Gasteiger partial charge in [0.25, 0.3) is 0 Å². The lowest BCUT2D eigenvalue weighted by Crippen LogP contribution is -2.33. The van der Waals surface area contributed by atoms with Crippen LogP contribution in [0.2, 0.25) is 0 Å². The SMILES string of the molecule is CCC(C)(C(=O)c1ccccn1)C(C)C. The second kappa shape index (κ2) is 4.56. The molecule has 0 aliphatic rings. The molecule has 0 spiro atoms. The van der Waals surface area contributed by atoms with Crippen LogP contribution in [0.1, 0.15) is 44.6 Å². The fourth-order valence-corrected chi connectivity index (χ4v) is 1.62. The van der Waals surface area contributed by atoms with Crippen molar-refractivity contribution in [3.63, 3.8) is 0 Å². The molecule has 1 atom stereocenters. The van der Waals surface area contributed by atoms with Crippen LogP contribution in [0.25, 0.3) is 0 Å². The fourth-order valence-electron chi connectivity index (χ4n) is 1.62. The standard InChI is InChI=1S/C13H19NO/c1-5-13(4,10(2)3)12(15)11-8-6-7-9-14-11/h6-10H,5H2,1-4H3. The highest BCUT2D eigenvalue weighted by Crippen LogP contribution is 2.33. The number of nitrogens with zero attached hydrogens (tertiary/aromatic N) is 1. The van der Waals surface area contributed by atoms with Crippen LogP contribution in [0, 0.1) is 11.3 Å². The van der Waals surface area contributed by atoms with E-state index in [4.69, 9.17) is 0 Å². The molecule has 0 aromatic carbocycles. The number of carbonyl (C=O) groups excluding carboxylic acids is 1. The number of carbonyl (C=O) groups is 1. The zero-order chi connectivity index (χ0) is 11.5. The van der Waals surface area contributed by atoms with Gasteiger partial charge in [-0.2, -0.15) is 0 Å². The summed E-state index contributed by atoms with van der Waals surface area (Å²) in [7, 11) is 0. The third-order valence-electron chi connectivity index (χ3n) is 3.42. The zero-order valence-electron chi connectivity index (χ0n) is 9.95. The smallest absolute Gasteiger partial charge is 0.187 e. The molecule has 0 N–H and O–H groups in total. The minimum Gasteiger partial charge on any atom is -0.292 e. The maximum Gasteiger partial charge on any atom is 0.187 e. The van der Waals surface area contributed by atoms with Gasteiger partial charge in [0.2, 0.25) is 0 Å². The fraction of sp³-hybridized carbons (Fsp3) is 0.538. The molecule has 0 bridgehead atoms. The Labute approximate surface area is 91.7 Å². The predicted octanol–water partition coefficient (Wildman–Crippen LogP) is 3.34. The van der Waals surface area contributed by atoms with Crippen molar-refractivity contribution in [1.29, 1.82) is 0 Å². The number of ketones is 1. The molecule has 0 saturated carbocycles. The van der Waals surface area contributed by atoms with Crippen LogP contribution in [-0.2, 0) is 0 Å².